The SMILES string of the molecule is O=C(CCc1ccccc1C(=O)O)NC1CCCN(c2ncccn2)C1. The molecule has 3 rings (SSSR count). The van der Waals surface area contributed by atoms with Crippen molar-refractivity contribution in [2.75, 3.05) is 18.0 Å². The van der Waals surface area contributed by atoms with Crippen LogP contribution in [0.1, 0.15) is 35.2 Å². The Kier molecular flexibility index (Phi) is 5.78. The number of aromatic carboxylic acids is 1. The summed E-state index contributed by atoms with van der Waals surface area (Å²) in [6, 6.07) is 8.63. The van der Waals surface area contributed by atoms with Crippen molar-refractivity contribution in [3.05, 3.63) is 53.9 Å². The molecule has 1 aliphatic heterocycles. The zero-order chi connectivity index (χ0) is 18.4. The Morgan fingerprint density at radius 2 is 1.96 bits per heavy atom. The van der Waals surface area contributed by atoms with E-state index in [0.717, 1.165) is 19.4 Å². The van der Waals surface area contributed by atoms with Gasteiger partial charge < -0.3 is 15.3 Å². The van der Waals surface area contributed by atoms with E-state index in [0.29, 0.717) is 24.5 Å². The summed E-state index contributed by atoms with van der Waals surface area (Å²) in [5, 5.41) is 12.3. The summed E-state index contributed by atoms with van der Waals surface area (Å²) in [6.07, 6.45) is 5.98. The van der Waals surface area contributed by atoms with Crippen LogP contribution in [0.2, 0.25) is 0 Å². The number of hydrogen-bond donors (Lipinski definition) is 2. The van der Waals surface area contributed by atoms with Crippen LogP contribution < -0.4 is 10.2 Å². The van der Waals surface area contributed by atoms with Crippen LogP contribution in [0.15, 0.2) is 42.7 Å². The van der Waals surface area contributed by atoms with E-state index in [1.165, 1.54) is 0 Å². The number of aromatic nitrogens is 2. The number of anilines is 1. The smallest absolute Gasteiger partial charge is 0.335 e. The van der Waals surface area contributed by atoms with Crippen LogP contribution in [-0.2, 0) is 11.2 Å². The van der Waals surface area contributed by atoms with Crippen molar-refractivity contribution in [3.63, 3.8) is 0 Å². The first-order valence-electron chi connectivity index (χ1n) is 8.76. The van der Waals surface area contributed by atoms with E-state index in [9.17, 15) is 14.7 Å². The molecule has 1 atom stereocenters. The number of nitrogens with one attached hydrogen (secondary N) is 1. The number of aryl methyl sites for hydroxylation is 1. The molecule has 136 valence electrons. The predicted octanol–water partition coefficient (Wildman–Crippen LogP) is 1.89. The van der Waals surface area contributed by atoms with E-state index in [1.807, 2.05) is 0 Å². The minimum absolute atomic E-state index is 0.0507. The molecule has 26 heavy (non-hydrogen) atoms. The number of piperidine rings is 1. The summed E-state index contributed by atoms with van der Waals surface area (Å²) in [5.41, 5.74) is 0.934. The largest absolute Gasteiger partial charge is 0.478 e. The monoisotopic (exact) mass is 354 g/mol. The van der Waals surface area contributed by atoms with E-state index >= 15 is 0 Å². The number of carboxylic acid groups (broad SMARTS) is 1. The third kappa shape index (κ3) is 4.56. The van der Waals surface area contributed by atoms with Crippen molar-refractivity contribution in [1.29, 1.82) is 0 Å². The molecule has 0 bridgehead atoms. The molecule has 7 nitrogen and oxygen atoms in total. The maximum atomic E-state index is 12.3. The molecule has 0 radical (unpaired) electrons. The molecule has 1 aromatic carbocycles. The lowest BCUT2D eigenvalue weighted by molar-refractivity contribution is -0.121. The fourth-order valence-electron chi connectivity index (χ4n) is 3.23. The summed E-state index contributed by atoms with van der Waals surface area (Å²) >= 11 is 0. The van der Waals surface area contributed by atoms with Crippen molar-refractivity contribution < 1.29 is 14.7 Å². The first-order chi connectivity index (χ1) is 12.6. The standard InChI is InChI=1S/C19H22N4O3/c24-17(9-8-14-5-1-2-7-16(14)18(25)26)22-15-6-3-12-23(13-15)19-20-10-4-11-21-19/h1-2,4-5,7,10-11,15H,3,6,8-9,12-13H2,(H,22,24)(H,25,26). The lowest BCUT2D eigenvalue weighted by Crippen LogP contribution is -2.48. The molecular weight excluding hydrogens is 332 g/mol. The molecule has 2 aromatic rings. The Balaban J connectivity index is 1.53. The van der Waals surface area contributed by atoms with Crippen molar-refractivity contribution in [2.24, 2.45) is 0 Å². The molecule has 0 saturated carbocycles. The Bertz CT molecular complexity index is 766. The van der Waals surface area contributed by atoms with Gasteiger partial charge in [-0.3, -0.25) is 4.79 Å². The number of carboxylic acids is 1. The molecule has 1 fully saturated rings. The maximum Gasteiger partial charge on any atom is 0.335 e. The highest BCUT2D eigenvalue weighted by molar-refractivity contribution is 5.89. The second kappa shape index (κ2) is 8.42. The number of hydrogen-bond acceptors (Lipinski definition) is 5. The Morgan fingerprint density at radius 3 is 2.73 bits per heavy atom. The van der Waals surface area contributed by atoms with Gasteiger partial charge in [0.05, 0.1) is 5.56 Å². The van der Waals surface area contributed by atoms with Gasteiger partial charge in [-0.15, -0.1) is 0 Å². The van der Waals surface area contributed by atoms with Crippen LogP contribution >= 0.6 is 0 Å². The minimum atomic E-state index is -0.966. The van der Waals surface area contributed by atoms with Gasteiger partial charge >= 0.3 is 5.97 Å². The number of carbonyl (C=O) groups is 2. The van der Waals surface area contributed by atoms with E-state index in [-0.39, 0.29) is 23.9 Å². The minimum Gasteiger partial charge on any atom is -0.478 e. The van der Waals surface area contributed by atoms with Gasteiger partial charge in [0.2, 0.25) is 11.9 Å². The molecule has 7 heteroatoms. The molecule has 1 unspecified atom stereocenters. The second-order valence-electron chi connectivity index (χ2n) is 6.36. The highest BCUT2D eigenvalue weighted by Crippen LogP contribution is 2.16. The Labute approximate surface area is 152 Å². The molecule has 1 amide bonds. The third-order valence-corrected chi connectivity index (χ3v) is 4.49. The van der Waals surface area contributed by atoms with E-state index < -0.39 is 5.97 Å². The summed E-state index contributed by atoms with van der Waals surface area (Å²) in [4.78, 5) is 34.1. The first kappa shape index (κ1) is 17.8. The quantitative estimate of drug-likeness (QED) is 0.822. The normalized spacial score (nSPS) is 16.9. The van der Waals surface area contributed by atoms with E-state index in [4.69, 9.17) is 0 Å². The van der Waals surface area contributed by atoms with Crippen LogP contribution in [-0.4, -0.2) is 46.1 Å². The lowest BCUT2D eigenvalue weighted by atomic mass is 10.0. The molecule has 1 aliphatic rings. The number of carbonyl (C=O) groups excluding carboxylic acids is 1. The number of rotatable bonds is 6. The van der Waals surface area contributed by atoms with Crippen LogP contribution in [0.4, 0.5) is 5.95 Å². The summed E-state index contributed by atoms with van der Waals surface area (Å²) in [5.74, 6) is -0.348. The Morgan fingerprint density at radius 1 is 1.19 bits per heavy atom. The van der Waals surface area contributed by atoms with Gasteiger partial charge in [0.1, 0.15) is 0 Å². The fraction of sp³-hybridized carbons (Fsp3) is 0.368. The Hall–Kier alpha value is -2.96. The molecule has 0 aliphatic carbocycles. The average Bonchev–Trinajstić information content (AvgIpc) is 2.67. The molecule has 2 heterocycles. The maximum absolute atomic E-state index is 12.3. The summed E-state index contributed by atoms with van der Waals surface area (Å²) in [6.45, 7) is 1.56. The number of nitrogens with zero attached hydrogens (tertiary/aromatic N) is 3. The topological polar surface area (TPSA) is 95.4 Å². The van der Waals surface area contributed by atoms with E-state index in [1.54, 1.807) is 42.7 Å². The van der Waals surface area contributed by atoms with Gasteiger partial charge in [-0.1, -0.05) is 18.2 Å². The summed E-state index contributed by atoms with van der Waals surface area (Å²) < 4.78 is 0. The highest BCUT2D eigenvalue weighted by atomic mass is 16.4. The molecule has 1 saturated heterocycles. The van der Waals surface area contributed by atoms with Crippen molar-refractivity contribution >= 4 is 17.8 Å². The molecular formula is C19H22N4O3. The first-order valence-corrected chi connectivity index (χ1v) is 8.76. The zero-order valence-electron chi connectivity index (χ0n) is 14.5. The number of benzene rings is 1. The molecule has 0 spiro atoms. The van der Waals surface area contributed by atoms with Crippen LogP contribution in [0.25, 0.3) is 0 Å². The second-order valence-corrected chi connectivity index (χ2v) is 6.36. The summed E-state index contributed by atoms with van der Waals surface area (Å²) in [7, 11) is 0. The number of amides is 1. The van der Waals surface area contributed by atoms with Gasteiger partial charge in [-0.05, 0) is 37.0 Å². The van der Waals surface area contributed by atoms with Gasteiger partial charge in [0.15, 0.2) is 0 Å². The van der Waals surface area contributed by atoms with Crippen LogP contribution in [0.5, 0.6) is 0 Å². The van der Waals surface area contributed by atoms with Crippen molar-refractivity contribution in [2.45, 2.75) is 31.7 Å². The van der Waals surface area contributed by atoms with Crippen molar-refractivity contribution in [3.8, 4) is 0 Å². The third-order valence-electron chi connectivity index (χ3n) is 4.49. The molecule has 1 aromatic heterocycles. The van der Waals surface area contributed by atoms with Gasteiger partial charge in [0.25, 0.3) is 0 Å². The highest BCUT2D eigenvalue weighted by Gasteiger charge is 2.23. The predicted molar refractivity (Wildman–Crippen MR) is 97.1 cm³/mol. The van der Waals surface area contributed by atoms with Gasteiger partial charge in [-0.25, -0.2) is 14.8 Å². The zero-order valence-corrected chi connectivity index (χ0v) is 14.5. The van der Waals surface area contributed by atoms with Crippen LogP contribution in [0, 0.1) is 0 Å². The van der Waals surface area contributed by atoms with E-state index in [2.05, 4.69) is 20.2 Å². The fourth-order valence-corrected chi connectivity index (χ4v) is 3.23. The average molecular weight is 354 g/mol. The van der Waals surface area contributed by atoms with Crippen LogP contribution in [0.3, 0.4) is 0 Å². The van der Waals surface area contributed by atoms with Gasteiger partial charge in [-0.2, -0.15) is 0 Å². The molecule has 2 N–H and O–H groups in total. The van der Waals surface area contributed by atoms with Gasteiger partial charge in [0, 0.05) is 37.9 Å². The lowest BCUT2D eigenvalue weighted by Gasteiger charge is -2.33. The van der Waals surface area contributed by atoms with Crippen molar-refractivity contribution in [1.82, 2.24) is 15.3 Å².